The molecule has 1 aliphatic heterocycles. The van der Waals surface area contributed by atoms with Crippen molar-refractivity contribution in [3.63, 3.8) is 0 Å². The quantitative estimate of drug-likeness (QED) is 0.788. The molecule has 1 saturated heterocycles. The first-order valence-electron chi connectivity index (χ1n) is 5.90. The highest BCUT2D eigenvalue weighted by atomic mass is 14.9. The van der Waals surface area contributed by atoms with Crippen molar-refractivity contribution in [1.29, 1.82) is 0 Å². The maximum Gasteiger partial charge on any atom is 0.0326 e. The lowest BCUT2D eigenvalue weighted by Gasteiger charge is -2.13. The van der Waals surface area contributed by atoms with Crippen LogP contribution in [0.15, 0.2) is 30.3 Å². The summed E-state index contributed by atoms with van der Waals surface area (Å²) in [6.07, 6.45) is 8.16. The van der Waals surface area contributed by atoms with Crippen molar-refractivity contribution in [2.24, 2.45) is 0 Å². The number of nitrogens with one attached hydrogen (secondary N) is 1. The van der Waals surface area contributed by atoms with Crippen LogP contribution in [0.4, 0.5) is 0 Å². The van der Waals surface area contributed by atoms with Gasteiger partial charge in [-0.15, -0.1) is 0 Å². The first-order valence-corrected chi connectivity index (χ1v) is 5.90. The lowest BCUT2D eigenvalue weighted by atomic mass is 9.99. The Balaban J connectivity index is 2.24. The molecule has 1 N–H and O–H groups in total. The maximum atomic E-state index is 3.56. The van der Waals surface area contributed by atoms with Gasteiger partial charge in [-0.1, -0.05) is 43.3 Å². The fourth-order valence-electron chi connectivity index (χ4n) is 2.17. The van der Waals surface area contributed by atoms with E-state index >= 15 is 0 Å². The van der Waals surface area contributed by atoms with Crippen molar-refractivity contribution in [2.75, 3.05) is 6.54 Å². The third kappa shape index (κ3) is 2.48. The van der Waals surface area contributed by atoms with Crippen molar-refractivity contribution in [3.8, 4) is 0 Å². The fraction of sp³-hybridized carbons (Fsp3) is 0.429. The van der Waals surface area contributed by atoms with E-state index < -0.39 is 0 Å². The summed E-state index contributed by atoms with van der Waals surface area (Å²) in [6, 6.07) is 9.29. The van der Waals surface area contributed by atoms with Crippen molar-refractivity contribution in [2.45, 2.75) is 32.2 Å². The lowest BCUT2D eigenvalue weighted by molar-refractivity contribution is 0.646. The van der Waals surface area contributed by atoms with Crippen molar-refractivity contribution < 1.29 is 0 Å². The van der Waals surface area contributed by atoms with E-state index in [0.29, 0.717) is 6.04 Å². The van der Waals surface area contributed by atoms with Crippen LogP contribution in [0.25, 0.3) is 6.08 Å². The van der Waals surface area contributed by atoms with Gasteiger partial charge in [-0.25, -0.2) is 0 Å². The molecule has 80 valence electrons. The van der Waals surface area contributed by atoms with Crippen LogP contribution in [0.2, 0.25) is 0 Å². The standard InChI is InChI=1S/C14H19N/c1-2-3-7-12-8-4-5-9-13(12)14-10-6-11-15-14/h3-5,7-9,14-15H,2,6,10-11H2,1H3/b7-3+. The summed E-state index contributed by atoms with van der Waals surface area (Å²) in [5, 5.41) is 3.56. The van der Waals surface area contributed by atoms with Gasteiger partial charge in [0.1, 0.15) is 0 Å². The van der Waals surface area contributed by atoms with Crippen LogP contribution in [-0.4, -0.2) is 6.54 Å². The second-order valence-corrected chi connectivity index (χ2v) is 4.09. The van der Waals surface area contributed by atoms with Gasteiger partial charge in [-0.05, 0) is 36.9 Å². The molecule has 1 nitrogen and oxygen atoms in total. The predicted octanol–water partition coefficient (Wildman–Crippen LogP) is 3.53. The van der Waals surface area contributed by atoms with E-state index in [4.69, 9.17) is 0 Å². The van der Waals surface area contributed by atoms with E-state index in [1.807, 2.05) is 0 Å². The highest BCUT2D eigenvalue weighted by molar-refractivity contribution is 5.54. The average molecular weight is 201 g/mol. The molecule has 1 unspecified atom stereocenters. The molecule has 1 fully saturated rings. The number of hydrogen-bond donors (Lipinski definition) is 1. The number of benzene rings is 1. The van der Waals surface area contributed by atoms with Gasteiger partial charge in [0.2, 0.25) is 0 Å². The Morgan fingerprint density at radius 3 is 3.00 bits per heavy atom. The molecular weight excluding hydrogens is 182 g/mol. The van der Waals surface area contributed by atoms with Crippen LogP contribution in [-0.2, 0) is 0 Å². The van der Waals surface area contributed by atoms with Gasteiger partial charge in [0, 0.05) is 6.04 Å². The Kier molecular flexibility index (Phi) is 3.57. The Hall–Kier alpha value is -1.08. The number of hydrogen-bond acceptors (Lipinski definition) is 1. The summed E-state index contributed by atoms with van der Waals surface area (Å²) in [6.45, 7) is 3.34. The van der Waals surface area contributed by atoms with Crippen LogP contribution in [0.5, 0.6) is 0 Å². The second-order valence-electron chi connectivity index (χ2n) is 4.09. The van der Waals surface area contributed by atoms with Crippen LogP contribution in [0.3, 0.4) is 0 Å². The molecule has 0 aliphatic carbocycles. The molecule has 0 bridgehead atoms. The molecule has 0 aromatic heterocycles. The van der Waals surface area contributed by atoms with E-state index in [2.05, 4.69) is 48.7 Å². The maximum absolute atomic E-state index is 3.56. The summed E-state index contributed by atoms with van der Waals surface area (Å²) in [4.78, 5) is 0. The van der Waals surface area contributed by atoms with Crippen molar-refractivity contribution in [1.82, 2.24) is 5.32 Å². The van der Waals surface area contributed by atoms with E-state index in [0.717, 1.165) is 13.0 Å². The minimum absolute atomic E-state index is 0.572. The molecule has 0 saturated carbocycles. The van der Waals surface area contributed by atoms with E-state index in [-0.39, 0.29) is 0 Å². The van der Waals surface area contributed by atoms with Crippen molar-refractivity contribution >= 4 is 6.08 Å². The molecule has 1 aromatic carbocycles. The zero-order valence-corrected chi connectivity index (χ0v) is 9.37. The summed E-state index contributed by atoms with van der Waals surface area (Å²) >= 11 is 0. The van der Waals surface area contributed by atoms with Gasteiger partial charge in [0.05, 0.1) is 0 Å². The first kappa shape index (κ1) is 10.4. The molecule has 0 amide bonds. The zero-order valence-electron chi connectivity index (χ0n) is 9.37. The number of allylic oxidation sites excluding steroid dienone is 1. The molecule has 1 aromatic rings. The van der Waals surface area contributed by atoms with Crippen LogP contribution in [0.1, 0.15) is 43.4 Å². The highest BCUT2D eigenvalue weighted by Crippen LogP contribution is 2.26. The average Bonchev–Trinajstić information content (AvgIpc) is 2.80. The molecular formula is C14H19N. The smallest absolute Gasteiger partial charge is 0.0326 e. The Bertz CT molecular complexity index is 335. The summed E-state index contributed by atoms with van der Waals surface area (Å²) < 4.78 is 0. The van der Waals surface area contributed by atoms with Gasteiger partial charge >= 0.3 is 0 Å². The zero-order chi connectivity index (χ0) is 10.5. The molecule has 1 aliphatic rings. The van der Waals surface area contributed by atoms with Crippen molar-refractivity contribution in [3.05, 3.63) is 41.5 Å². The Morgan fingerprint density at radius 1 is 1.40 bits per heavy atom. The largest absolute Gasteiger partial charge is 0.310 e. The monoisotopic (exact) mass is 201 g/mol. The van der Waals surface area contributed by atoms with Gasteiger partial charge < -0.3 is 5.32 Å². The summed E-state index contributed by atoms with van der Waals surface area (Å²) in [5.74, 6) is 0. The predicted molar refractivity (Wildman–Crippen MR) is 65.7 cm³/mol. The molecule has 15 heavy (non-hydrogen) atoms. The lowest BCUT2D eigenvalue weighted by Crippen LogP contribution is -2.13. The van der Waals surface area contributed by atoms with Crippen LogP contribution >= 0.6 is 0 Å². The van der Waals surface area contributed by atoms with Crippen LogP contribution in [0, 0.1) is 0 Å². The minimum atomic E-state index is 0.572. The highest BCUT2D eigenvalue weighted by Gasteiger charge is 2.17. The molecule has 2 rings (SSSR count). The van der Waals surface area contributed by atoms with E-state index in [1.54, 1.807) is 0 Å². The summed E-state index contributed by atoms with van der Waals surface area (Å²) in [5.41, 5.74) is 2.83. The Morgan fingerprint density at radius 2 is 2.27 bits per heavy atom. The summed E-state index contributed by atoms with van der Waals surface area (Å²) in [7, 11) is 0. The minimum Gasteiger partial charge on any atom is -0.310 e. The second kappa shape index (κ2) is 5.13. The molecule has 1 atom stereocenters. The van der Waals surface area contributed by atoms with Gasteiger partial charge in [-0.3, -0.25) is 0 Å². The van der Waals surface area contributed by atoms with Gasteiger partial charge in [-0.2, -0.15) is 0 Å². The molecule has 0 radical (unpaired) electrons. The SMILES string of the molecule is CC/C=C/c1ccccc1C1CCCN1. The first-order chi connectivity index (χ1) is 7.42. The molecule has 1 heterocycles. The Labute approximate surface area is 92.2 Å². The van der Waals surface area contributed by atoms with E-state index in [9.17, 15) is 0 Å². The van der Waals surface area contributed by atoms with Gasteiger partial charge in [0.15, 0.2) is 0 Å². The molecule has 1 heteroatoms. The number of rotatable bonds is 3. The third-order valence-corrected chi connectivity index (χ3v) is 2.96. The molecule has 0 spiro atoms. The topological polar surface area (TPSA) is 12.0 Å². The third-order valence-electron chi connectivity index (χ3n) is 2.96. The van der Waals surface area contributed by atoms with Gasteiger partial charge in [0.25, 0.3) is 0 Å². The normalized spacial score (nSPS) is 21.3. The van der Waals surface area contributed by atoms with E-state index in [1.165, 1.54) is 24.0 Å². The van der Waals surface area contributed by atoms with Crippen LogP contribution < -0.4 is 5.32 Å². The fourth-order valence-corrected chi connectivity index (χ4v) is 2.17.